The Kier molecular flexibility index (Phi) is 6.81. The molecule has 0 fully saturated rings. The lowest BCUT2D eigenvalue weighted by molar-refractivity contribution is -0.116. The molecule has 2 aromatic rings. The van der Waals surface area contributed by atoms with Gasteiger partial charge in [0.25, 0.3) is 0 Å². The molecular weight excluding hydrogens is 321 g/mol. The van der Waals surface area contributed by atoms with Crippen LogP contribution in [0.2, 0.25) is 0 Å². The molecule has 25 heavy (non-hydrogen) atoms. The Balaban J connectivity index is 1.73. The summed E-state index contributed by atoms with van der Waals surface area (Å²) in [6, 6.07) is 10.1. The van der Waals surface area contributed by atoms with Gasteiger partial charge in [0.1, 0.15) is 17.3 Å². The Bertz CT molecular complexity index is 731. The monoisotopic (exact) mass is 345 g/mol. The molecule has 5 heteroatoms. The summed E-state index contributed by atoms with van der Waals surface area (Å²) in [6.07, 6.45) is 1.86. The van der Waals surface area contributed by atoms with Crippen LogP contribution in [-0.4, -0.2) is 19.6 Å². The van der Waals surface area contributed by atoms with Crippen molar-refractivity contribution in [3.05, 3.63) is 53.3 Å². The Hall–Kier alpha value is -2.56. The zero-order valence-electron chi connectivity index (χ0n) is 14.9. The minimum atomic E-state index is -0.404. The van der Waals surface area contributed by atoms with Crippen LogP contribution in [0.3, 0.4) is 0 Å². The van der Waals surface area contributed by atoms with Crippen LogP contribution in [0, 0.1) is 19.7 Å². The summed E-state index contributed by atoms with van der Waals surface area (Å²) in [4.78, 5) is 12.0. The summed E-state index contributed by atoms with van der Waals surface area (Å²) in [7, 11) is 1.44. The lowest BCUT2D eigenvalue weighted by Gasteiger charge is -2.11. The van der Waals surface area contributed by atoms with E-state index in [0.29, 0.717) is 30.9 Å². The Morgan fingerprint density at radius 1 is 1.08 bits per heavy atom. The molecule has 134 valence electrons. The first-order chi connectivity index (χ1) is 12.0. The number of carbonyl (C=O) groups excluding carboxylic acids is 1. The van der Waals surface area contributed by atoms with Crippen molar-refractivity contribution in [3.63, 3.8) is 0 Å². The third kappa shape index (κ3) is 5.78. The van der Waals surface area contributed by atoms with Gasteiger partial charge in [0, 0.05) is 12.5 Å². The standard InChI is InChI=1S/C20H24FNO3/c1-14-7-8-15(2)18(12-14)25-11-5-4-6-20(23)22-17-10-9-16(21)13-19(17)24-3/h7-10,12-13H,4-6,11H2,1-3H3,(H,22,23). The lowest BCUT2D eigenvalue weighted by atomic mass is 10.1. The fraction of sp³-hybridized carbons (Fsp3) is 0.350. The first kappa shape index (κ1) is 18.8. The van der Waals surface area contributed by atoms with Gasteiger partial charge in [-0.2, -0.15) is 0 Å². The largest absolute Gasteiger partial charge is 0.494 e. The van der Waals surface area contributed by atoms with E-state index in [0.717, 1.165) is 23.3 Å². The molecule has 2 rings (SSSR count). The van der Waals surface area contributed by atoms with E-state index in [1.807, 2.05) is 26.0 Å². The molecule has 0 aliphatic heterocycles. The predicted octanol–water partition coefficient (Wildman–Crippen LogP) is 4.64. The molecule has 0 aromatic heterocycles. The van der Waals surface area contributed by atoms with Gasteiger partial charge < -0.3 is 14.8 Å². The van der Waals surface area contributed by atoms with Crippen molar-refractivity contribution in [2.24, 2.45) is 0 Å². The second-order valence-electron chi connectivity index (χ2n) is 5.97. The number of unbranched alkanes of at least 4 members (excludes halogenated alkanes) is 1. The zero-order chi connectivity index (χ0) is 18.2. The SMILES string of the molecule is COc1cc(F)ccc1NC(=O)CCCCOc1cc(C)ccc1C. The number of benzene rings is 2. The van der Waals surface area contributed by atoms with Gasteiger partial charge >= 0.3 is 0 Å². The number of ether oxygens (including phenoxy) is 2. The van der Waals surface area contributed by atoms with E-state index in [1.165, 1.54) is 25.3 Å². The van der Waals surface area contributed by atoms with Gasteiger partial charge in [-0.3, -0.25) is 4.79 Å². The summed E-state index contributed by atoms with van der Waals surface area (Å²) in [5.41, 5.74) is 2.74. The number of methoxy groups -OCH3 is 1. The fourth-order valence-corrected chi connectivity index (χ4v) is 2.41. The topological polar surface area (TPSA) is 47.6 Å². The number of carbonyl (C=O) groups is 1. The predicted molar refractivity (Wildman–Crippen MR) is 96.8 cm³/mol. The maximum atomic E-state index is 13.1. The van der Waals surface area contributed by atoms with E-state index in [-0.39, 0.29) is 5.91 Å². The first-order valence-electron chi connectivity index (χ1n) is 8.33. The molecule has 0 saturated heterocycles. The number of halogens is 1. The van der Waals surface area contributed by atoms with Crippen molar-refractivity contribution in [1.29, 1.82) is 0 Å². The van der Waals surface area contributed by atoms with Crippen molar-refractivity contribution in [1.82, 2.24) is 0 Å². The van der Waals surface area contributed by atoms with E-state index in [1.54, 1.807) is 0 Å². The molecule has 0 aliphatic rings. The number of rotatable bonds is 8. The lowest BCUT2D eigenvalue weighted by Crippen LogP contribution is -2.12. The molecule has 0 saturated carbocycles. The summed E-state index contributed by atoms with van der Waals surface area (Å²) in [5, 5.41) is 2.74. The number of aryl methyl sites for hydroxylation is 2. The number of hydrogen-bond acceptors (Lipinski definition) is 3. The van der Waals surface area contributed by atoms with E-state index >= 15 is 0 Å². The maximum Gasteiger partial charge on any atom is 0.224 e. The fourth-order valence-electron chi connectivity index (χ4n) is 2.41. The van der Waals surface area contributed by atoms with Gasteiger partial charge in [-0.15, -0.1) is 0 Å². The van der Waals surface area contributed by atoms with Gasteiger partial charge in [-0.05, 0) is 56.0 Å². The van der Waals surface area contributed by atoms with Crippen LogP contribution >= 0.6 is 0 Å². The van der Waals surface area contributed by atoms with Crippen LogP contribution in [-0.2, 0) is 4.79 Å². The van der Waals surface area contributed by atoms with E-state index < -0.39 is 5.82 Å². The van der Waals surface area contributed by atoms with Gasteiger partial charge in [-0.25, -0.2) is 4.39 Å². The van der Waals surface area contributed by atoms with E-state index in [9.17, 15) is 9.18 Å². The Morgan fingerprint density at radius 3 is 2.64 bits per heavy atom. The highest BCUT2D eigenvalue weighted by molar-refractivity contribution is 5.92. The number of hydrogen-bond donors (Lipinski definition) is 1. The highest BCUT2D eigenvalue weighted by atomic mass is 19.1. The molecule has 0 radical (unpaired) electrons. The molecule has 1 N–H and O–H groups in total. The number of nitrogens with one attached hydrogen (secondary N) is 1. The minimum absolute atomic E-state index is 0.128. The molecule has 0 bridgehead atoms. The second kappa shape index (κ2) is 9.06. The van der Waals surface area contributed by atoms with Crippen LogP contribution in [0.1, 0.15) is 30.4 Å². The highest BCUT2D eigenvalue weighted by Gasteiger charge is 2.08. The van der Waals surface area contributed by atoms with Crippen LogP contribution in [0.15, 0.2) is 36.4 Å². The van der Waals surface area contributed by atoms with Crippen molar-refractivity contribution < 1.29 is 18.7 Å². The van der Waals surface area contributed by atoms with Crippen LogP contribution in [0.5, 0.6) is 11.5 Å². The van der Waals surface area contributed by atoms with E-state index in [2.05, 4.69) is 11.4 Å². The maximum absolute atomic E-state index is 13.1. The van der Waals surface area contributed by atoms with E-state index in [4.69, 9.17) is 9.47 Å². The normalized spacial score (nSPS) is 10.4. The molecule has 0 aliphatic carbocycles. The molecule has 1 amide bonds. The van der Waals surface area contributed by atoms with Gasteiger partial charge in [-0.1, -0.05) is 12.1 Å². The molecule has 0 unspecified atom stereocenters. The van der Waals surface area contributed by atoms with Gasteiger partial charge in [0.2, 0.25) is 5.91 Å². The highest BCUT2D eigenvalue weighted by Crippen LogP contribution is 2.25. The molecule has 0 spiro atoms. The Morgan fingerprint density at radius 2 is 1.88 bits per heavy atom. The summed E-state index contributed by atoms with van der Waals surface area (Å²) in [6.45, 7) is 4.61. The summed E-state index contributed by atoms with van der Waals surface area (Å²) < 4.78 is 24.0. The third-order valence-electron chi connectivity index (χ3n) is 3.84. The average Bonchev–Trinajstić information content (AvgIpc) is 2.59. The van der Waals surface area contributed by atoms with Crippen molar-refractivity contribution in [2.75, 3.05) is 19.0 Å². The second-order valence-corrected chi connectivity index (χ2v) is 5.97. The summed E-state index contributed by atoms with van der Waals surface area (Å²) in [5.74, 6) is 0.669. The smallest absolute Gasteiger partial charge is 0.224 e. The number of amides is 1. The van der Waals surface area contributed by atoms with Gasteiger partial charge in [0.05, 0.1) is 19.4 Å². The molecule has 0 atom stereocenters. The van der Waals surface area contributed by atoms with Crippen molar-refractivity contribution >= 4 is 11.6 Å². The minimum Gasteiger partial charge on any atom is -0.494 e. The zero-order valence-corrected chi connectivity index (χ0v) is 14.9. The van der Waals surface area contributed by atoms with Crippen molar-refractivity contribution in [3.8, 4) is 11.5 Å². The molecular formula is C20H24FNO3. The van der Waals surface area contributed by atoms with Crippen LogP contribution < -0.4 is 14.8 Å². The molecule has 2 aromatic carbocycles. The first-order valence-corrected chi connectivity index (χ1v) is 8.33. The van der Waals surface area contributed by atoms with Crippen molar-refractivity contribution in [2.45, 2.75) is 33.1 Å². The Labute approximate surface area is 148 Å². The van der Waals surface area contributed by atoms with Crippen LogP contribution in [0.25, 0.3) is 0 Å². The van der Waals surface area contributed by atoms with Crippen LogP contribution in [0.4, 0.5) is 10.1 Å². The molecule has 4 nitrogen and oxygen atoms in total. The van der Waals surface area contributed by atoms with Gasteiger partial charge in [0.15, 0.2) is 0 Å². The molecule has 0 heterocycles. The number of anilines is 1. The average molecular weight is 345 g/mol. The summed E-state index contributed by atoms with van der Waals surface area (Å²) >= 11 is 0. The quantitative estimate of drug-likeness (QED) is 0.709. The third-order valence-corrected chi connectivity index (χ3v) is 3.84.